The smallest absolute Gasteiger partial charge is 0.345 e. The Bertz CT molecular complexity index is 1410. The molecule has 3 aromatic rings. The van der Waals surface area contributed by atoms with Crippen molar-refractivity contribution >= 4 is 62.5 Å². The van der Waals surface area contributed by atoms with Gasteiger partial charge < -0.3 is 14.2 Å². The summed E-state index contributed by atoms with van der Waals surface area (Å²) in [4.78, 5) is 39.6. The van der Waals surface area contributed by atoms with Gasteiger partial charge >= 0.3 is 5.97 Å². The number of hydrogen-bond acceptors (Lipinski definition) is 7. The van der Waals surface area contributed by atoms with E-state index >= 15 is 0 Å². The molecule has 0 spiro atoms. The molecule has 0 bridgehead atoms. The molecule has 38 heavy (non-hydrogen) atoms. The lowest BCUT2D eigenvalue weighted by atomic mass is 10.1. The average molecular weight is 617 g/mol. The first-order chi connectivity index (χ1) is 18.3. The minimum atomic E-state index is -0.640. The first-order valence-electron chi connectivity index (χ1n) is 11.6. The lowest BCUT2D eigenvalue weighted by molar-refractivity contribution is -0.123. The molecular weight excluding hydrogens is 594 g/mol. The molecule has 3 aromatic carbocycles. The van der Waals surface area contributed by atoms with Crippen LogP contribution < -0.4 is 14.2 Å². The molecule has 1 fully saturated rings. The summed E-state index contributed by atoms with van der Waals surface area (Å²) in [6, 6.07) is 17.4. The zero-order chi connectivity index (χ0) is 27.2. The molecule has 1 aliphatic heterocycles. The molecule has 0 N–H and O–H groups in total. The van der Waals surface area contributed by atoms with Crippen LogP contribution in [0.15, 0.2) is 70.0 Å². The molecule has 0 saturated carbocycles. The number of ether oxygens (including phenoxy) is 3. The van der Waals surface area contributed by atoms with Crippen molar-refractivity contribution in [3.8, 4) is 17.2 Å². The van der Waals surface area contributed by atoms with Crippen molar-refractivity contribution in [3.05, 3.63) is 91.8 Å². The molecule has 0 radical (unpaired) electrons. The van der Waals surface area contributed by atoms with Crippen molar-refractivity contribution < 1.29 is 28.6 Å². The van der Waals surface area contributed by atoms with Crippen molar-refractivity contribution in [1.82, 2.24) is 4.90 Å². The van der Waals surface area contributed by atoms with Crippen LogP contribution in [0.2, 0.25) is 5.02 Å². The zero-order valence-electron chi connectivity index (χ0n) is 20.5. The molecular formula is C28H23BrClNO6S. The summed E-state index contributed by atoms with van der Waals surface area (Å²) in [5.74, 6) is 0.0890. The van der Waals surface area contributed by atoms with Crippen LogP contribution in [0.4, 0.5) is 4.79 Å². The number of nitrogens with zero attached hydrogens (tertiary/aromatic N) is 1. The third kappa shape index (κ3) is 6.59. The predicted octanol–water partition coefficient (Wildman–Crippen LogP) is 7.14. The second-order valence-corrected chi connectivity index (χ2v) is 10.4. The molecule has 0 aliphatic carbocycles. The van der Waals surface area contributed by atoms with Crippen LogP contribution in [0.5, 0.6) is 17.2 Å². The van der Waals surface area contributed by atoms with E-state index in [1.165, 1.54) is 0 Å². The van der Waals surface area contributed by atoms with Gasteiger partial charge in [-0.15, -0.1) is 0 Å². The molecule has 1 heterocycles. The summed E-state index contributed by atoms with van der Waals surface area (Å²) in [7, 11) is 0. The van der Waals surface area contributed by atoms with E-state index in [-0.39, 0.29) is 39.6 Å². The van der Waals surface area contributed by atoms with Crippen molar-refractivity contribution in [3.63, 3.8) is 0 Å². The highest BCUT2D eigenvalue weighted by molar-refractivity contribution is 9.10. The Hall–Kier alpha value is -3.27. The van der Waals surface area contributed by atoms with Crippen LogP contribution in [0.1, 0.15) is 28.4 Å². The number of carbonyl (C=O) groups is 3. The highest BCUT2D eigenvalue weighted by Gasteiger charge is 2.35. The number of thioether (sulfide) groups is 1. The van der Waals surface area contributed by atoms with Crippen molar-refractivity contribution in [2.75, 3.05) is 19.8 Å². The molecule has 1 aliphatic rings. The number of carbonyl (C=O) groups excluding carboxylic acids is 3. The van der Waals surface area contributed by atoms with Crippen LogP contribution in [-0.4, -0.2) is 41.8 Å². The van der Waals surface area contributed by atoms with E-state index in [4.69, 9.17) is 25.8 Å². The number of halogens is 2. The normalized spacial score (nSPS) is 14.2. The fourth-order valence-corrected chi connectivity index (χ4v) is 5.16. The number of rotatable bonds is 9. The second kappa shape index (κ2) is 12.5. The third-order valence-electron chi connectivity index (χ3n) is 5.40. The number of benzene rings is 3. The summed E-state index contributed by atoms with van der Waals surface area (Å²) in [6.45, 7) is 4.39. The van der Waals surface area contributed by atoms with Gasteiger partial charge in [0.15, 0.2) is 11.5 Å². The van der Waals surface area contributed by atoms with Gasteiger partial charge in [0.05, 0.1) is 33.1 Å². The van der Waals surface area contributed by atoms with E-state index in [1.807, 2.05) is 31.2 Å². The summed E-state index contributed by atoms with van der Waals surface area (Å²) in [6.07, 6.45) is 1.60. The Kier molecular flexibility index (Phi) is 9.14. The van der Waals surface area contributed by atoms with Crippen molar-refractivity contribution in [1.29, 1.82) is 0 Å². The minimum absolute atomic E-state index is 0.126. The van der Waals surface area contributed by atoms with Gasteiger partial charge in [-0.1, -0.05) is 41.4 Å². The van der Waals surface area contributed by atoms with E-state index in [0.29, 0.717) is 28.1 Å². The average Bonchev–Trinajstić information content (AvgIpc) is 3.15. The number of hydrogen-bond donors (Lipinski definition) is 0. The maximum absolute atomic E-state index is 12.9. The van der Waals surface area contributed by atoms with Gasteiger partial charge in [-0.25, -0.2) is 4.79 Å². The number of esters is 1. The lowest BCUT2D eigenvalue weighted by Gasteiger charge is -2.14. The zero-order valence-corrected chi connectivity index (χ0v) is 23.7. The Balaban J connectivity index is 1.49. The predicted molar refractivity (Wildman–Crippen MR) is 151 cm³/mol. The molecule has 1 saturated heterocycles. The number of imide groups is 1. The maximum atomic E-state index is 12.9. The molecule has 2 amide bonds. The summed E-state index contributed by atoms with van der Waals surface area (Å²) >= 11 is 10.4. The van der Waals surface area contributed by atoms with Crippen LogP contribution >= 0.6 is 39.3 Å². The van der Waals surface area contributed by atoms with Crippen LogP contribution in [0, 0.1) is 6.92 Å². The Morgan fingerprint density at radius 1 is 1.08 bits per heavy atom. The quantitative estimate of drug-likeness (QED) is 0.144. The van der Waals surface area contributed by atoms with Gasteiger partial charge in [0, 0.05) is 0 Å². The highest BCUT2D eigenvalue weighted by Crippen LogP contribution is 2.40. The molecule has 0 unspecified atom stereocenters. The summed E-state index contributed by atoms with van der Waals surface area (Å²) in [5, 5.41) is -0.105. The fourth-order valence-electron chi connectivity index (χ4n) is 3.54. The van der Waals surface area contributed by atoms with E-state index in [1.54, 1.807) is 49.4 Å². The van der Waals surface area contributed by atoms with E-state index in [2.05, 4.69) is 15.9 Å². The van der Waals surface area contributed by atoms with Gasteiger partial charge in [-0.05, 0) is 89.6 Å². The molecule has 0 atom stereocenters. The monoisotopic (exact) mass is 615 g/mol. The first kappa shape index (κ1) is 27.8. The lowest BCUT2D eigenvalue weighted by Crippen LogP contribution is -2.32. The topological polar surface area (TPSA) is 82.1 Å². The van der Waals surface area contributed by atoms with Crippen LogP contribution in [0.3, 0.4) is 0 Å². The van der Waals surface area contributed by atoms with Gasteiger partial charge in [-0.2, -0.15) is 0 Å². The Morgan fingerprint density at radius 3 is 2.53 bits per heavy atom. The Labute approximate surface area is 237 Å². The van der Waals surface area contributed by atoms with Gasteiger partial charge in [0.25, 0.3) is 11.1 Å². The van der Waals surface area contributed by atoms with E-state index < -0.39 is 11.9 Å². The molecule has 4 rings (SSSR count). The van der Waals surface area contributed by atoms with Crippen LogP contribution in [0.25, 0.3) is 6.08 Å². The number of aryl methyl sites for hydroxylation is 1. The summed E-state index contributed by atoms with van der Waals surface area (Å²) < 4.78 is 17.4. The highest BCUT2D eigenvalue weighted by atomic mass is 79.9. The number of amides is 2. The third-order valence-corrected chi connectivity index (χ3v) is 7.22. The maximum Gasteiger partial charge on any atom is 0.345 e. The molecule has 10 heteroatoms. The second-order valence-electron chi connectivity index (χ2n) is 8.13. The minimum Gasteiger partial charge on any atom is -0.492 e. The molecule has 7 nitrogen and oxygen atoms in total. The fraction of sp³-hybridized carbons (Fsp3) is 0.179. The first-order valence-corrected chi connectivity index (χ1v) is 13.6. The van der Waals surface area contributed by atoms with E-state index in [9.17, 15) is 14.4 Å². The van der Waals surface area contributed by atoms with E-state index in [0.717, 1.165) is 22.2 Å². The Morgan fingerprint density at radius 2 is 1.82 bits per heavy atom. The van der Waals surface area contributed by atoms with Crippen molar-refractivity contribution in [2.24, 2.45) is 0 Å². The van der Waals surface area contributed by atoms with Gasteiger partial charge in [-0.3, -0.25) is 14.5 Å². The molecule has 196 valence electrons. The van der Waals surface area contributed by atoms with Crippen molar-refractivity contribution in [2.45, 2.75) is 13.8 Å². The summed E-state index contributed by atoms with van der Waals surface area (Å²) in [5.41, 5.74) is 1.91. The standard InChI is InChI=1S/C28H23BrClNO6S/c1-3-35-23-15-18(14-21(29)25(23)37-27(33)20-6-4-5-7-22(20)30)16-24-26(32)31(28(34)38-24)12-13-36-19-10-8-17(2)9-11-19/h4-11,14-16H,3,12-13H2,1-2H3/b24-16-. The van der Waals surface area contributed by atoms with Gasteiger partial charge in [0.2, 0.25) is 0 Å². The molecule has 0 aromatic heterocycles. The largest absolute Gasteiger partial charge is 0.492 e. The van der Waals surface area contributed by atoms with Crippen LogP contribution in [-0.2, 0) is 4.79 Å². The SMILES string of the molecule is CCOc1cc(/C=C2\SC(=O)N(CCOc3ccc(C)cc3)C2=O)cc(Br)c1OC(=O)c1ccccc1Cl. The van der Waals surface area contributed by atoms with Gasteiger partial charge in [0.1, 0.15) is 12.4 Å².